The highest BCUT2D eigenvalue weighted by Crippen LogP contribution is 2.37. The number of piperazine rings is 1. The summed E-state index contributed by atoms with van der Waals surface area (Å²) < 4.78 is 40.5. The van der Waals surface area contributed by atoms with Gasteiger partial charge in [0, 0.05) is 37.9 Å². The topological polar surface area (TPSA) is 102 Å². The minimum atomic E-state index is -3.57. The van der Waals surface area contributed by atoms with Crippen molar-refractivity contribution in [3.8, 4) is 22.6 Å². The number of aryl methyl sites for hydroxylation is 1. The number of fused-ring (bicyclic) bond motifs is 1. The lowest BCUT2D eigenvalue weighted by atomic mass is 10.1. The first kappa shape index (κ1) is 23.1. The van der Waals surface area contributed by atoms with Crippen molar-refractivity contribution in [3.05, 3.63) is 60.6 Å². The van der Waals surface area contributed by atoms with E-state index in [4.69, 9.17) is 9.47 Å². The number of aromatic nitrogens is 4. The SMILES string of the molecule is COc1ccc(-c2cnc3ncnn3c2N2CCN(S(=O)(=O)c3cccc(C)c3)CC2)cc1OC. The van der Waals surface area contributed by atoms with E-state index in [-0.39, 0.29) is 0 Å². The number of anilines is 1. The first-order chi connectivity index (χ1) is 16.9. The first-order valence-corrected chi connectivity index (χ1v) is 12.6. The molecule has 0 amide bonds. The number of sulfonamides is 1. The summed E-state index contributed by atoms with van der Waals surface area (Å²) in [5.74, 6) is 2.50. The summed E-state index contributed by atoms with van der Waals surface area (Å²) >= 11 is 0. The van der Waals surface area contributed by atoms with Crippen molar-refractivity contribution in [2.75, 3.05) is 45.3 Å². The molecule has 182 valence electrons. The number of hydrogen-bond acceptors (Lipinski definition) is 8. The molecule has 0 spiro atoms. The molecule has 0 radical (unpaired) electrons. The molecule has 10 nitrogen and oxygen atoms in total. The van der Waals surface area contributed by atoms with E-state index >= 15 is 0 Å². The summed E-state index contributed by atoms with van der Waals surface area (Å²) in [5, 5.41) is 4.39. The van der Waals surface area contributed by atoms with Crippen LogP contribution < -0.4 is 14.4 Å². The molecule has 0 saturated carbocycles. The summed E-state index contributed by atoms with van der Waals surface area (Å²) in [6.45, 7) is 3.56. The fourth-order valence-corrected chi connectivity index (χ4v) is 5.87. The van der Waals surface area contributed by atoms with Crippen LogP contribution in [0.3, 0.4) is 0 Å². The Hall–Kier alpha value is -3.70. The van der Waals surface area contributed by atoms with Gasteiger partial charge >= 0.3 is 0 Å². The van der Waals surface area contributed by atoms with Gasteiger partial charge in [0.1, 0.15) is 12.1 Å². The van der Waals surface area contributed by atoms with E-state index in [0.717, 1.165) is 22.5 Å². The Kier molecular flexibility index (Phi) is 6.03. The third kappa shape index (κ3) is 4.17. The van der Waals surface area contributed by atoms with Gasteiger partial charge in [-0.2, -0.15) is 18.9 Å². The summed E-state index contributed by atoms with van der Waals surface area (Å²) in [6.07, 6.45) is 3.22. The van der Waals surface area contributed by atoms with Crippen molar-refractivity contribution < 1.29 is 17.9 Å². The third-order valence-corrected chi connectivity index (χ3v) is 8.04. The van der Waals surface area contributed by atoms with Crippen molar-refractivity contribution in [2.24, 2.45) is 0 Å². The molecule has 11 heteroatoms. The van der Waals surface area contributed by atoms with E-state index in [1.165, 1.54) is 10.6 Å². The van der Waals surface area contributed by atoms with E-state index in [1.807, 2.05) is 31.2 Å². The lowest BCUT2D eigenvalue weighted by molar-refractivity contribution is 0.355. The monoisotopic (exact) mass is 494 g/mol. The van der Waals surface area contributed by atoms with Gasteiger partial charge in [0.05, 0.1) is 19.1 Å². The average molecular weight is 495 g/mol. The molecule has 5 rings (SSSR count). The van der Waals surface area contributed by atoms with Crippen LogP contribution in [0, 0.1) is 6.92 Å². The maximum absolute atomic E-state index is 13.2. The minimum absolute atomic E-state index is 0.319. The van der Waals surface area contributed by atoms with Crippen molar-refractivity contribution in [1.29, 1.82) is 0 Å². The van der Waals surface area contributed by atoms with Crippen LogP contribution in [0.25, 0.3) is 16.9 Å². The molecular formula is C24H26N6O4S. The Balaban J connectivity index is 1.49. The Morgan fingerprint density at radius 1 is 0.914 bits per heavy atom. The molecule has 4 aromatic rings. The number of ether oxygens (including phenoxy) is 2. The fraction of sp³-hybridized carbons (Fsp3) is 0.292. The number of benzene rings is 2. The maximum Gasteiger partial charge on any atom is 0.254 e. The van der Waals surface area contributed by atoms with Crippen LogP contribution in [0.5, 0.6) is 11.5 Å². The van der Waals surface area contributed by atoms with E-state index in [0.29, 0.717) is 48.4 Å². The second-order valence-electron chi connectivity index (χ2n) is 8.24. The fourth-order valence-electron chi connectivity index (χ4n) is 4.34. The molecule has 0 bridgehead atoms. The zero-order valence-electron chi connectivity index (χ0n) is 19.7. The molecule has 0 atom stereocenters. The van der Waals surface area contributed by atoms with Gasteiger partial charge in [0.25, 0.3) is 5.78 Å². The van der Waals surface area contributed by atoms with Crippen molar-refractivity contribution >= 4 is 21.6 Å². The molecule has 3 heterocycles. The van der Waals surface area contributed by atoms with Crippen LogP contribution in [0.2, 0.25) is 0 Å². The van der Waals surface area contributed by atoms with Crippen molar-refractivity contribution in [3.63, 3.8) is 0 Å². The molecule has 0 N–H and O–H groups in total. The molecule has 0 unspecified atom stereocenters. The smallest absolute Gasteiger partial charge is 0.254 e. The Bertz CT molecular complexity index is 1480. The van der Waals surface area contributed by atoms with Crippen LogP contribution in [0.4, 0.5) is 5.82 Å². The van der Waals surface area contributed by atoms with Gasteiger partial charge in [-0.05, 0) is 42.3 Å². The Morgan fingerprint density at radius 2 is 1.69 bits per heavy atom. The van der Waals surface area contributed by atoms with Crippen LogP contribution in [-0.2, 0) is 10.0 Å². The maximum atomic E-state index is 13.2. The second-order valence-corrected chi connectivity index (χ2v) is 10.2. The van der Waals surface area contributed by atoms with Crippen molar-refractivity contribution in [1.82, 2.24) is 23.9 Å². The summed E-state index contributed by atoms with van der Waals surface area (Å²) in [7, 11) is -0.386. The van der Waals surface area contributed by atoms with Crippen LogP contribution in [-0.4, -0.2) is 72.7 Å². The normalized spacial score (nSPS) is 14.9. The van der Waals surface area contributed by atoms with Gasteiger partial charge < -0.3 is 14.4 Å². The number of nitrogens with zero attached hydrogens (tertiary/aromatic N) is 6. The van der Waals surface area contributed by atoms with E-state index < -0.39 is 10.0 Å². The molecule has 35 heavy (non-hydrogen) atoms. The number of rotatable bonds is 6. The molecule has 2 aromatic heterocycles. The van der Waals surface area contributed by atoms with Crippen molar-refractivity contribution in [2.45, 2.75) is 11.8 Å². The first-order valence-electron chi connectivity index (χ1n) is 11.2. The standard InChI is InChI=1S/C24H26N6O4S/c1-17-5-4-6-19(13-17)35(31,32)29-11-9-28(10-12-29)23-20(15-25-24-26-16-27-30(23)24)18-7-8-21(33-2)22(14-18)34-3/h4-8,13-16H,9-12H2,1-3H3. The zero-order valence-corrected chi connectivity index (χ0v) is 20.6. The zero-order chi connectivity index (χ0) is 24.6. The molecule has 2 aromatic carbocycles. The summed E-state index contributed by atoms with van der Waals surface area (Å²) in [5.41, 5.74) is 2.62. The quantitative estimate of drug-likeness (QED) is 0.403. The predicted molar refractivity (Wildman–Crippen MR) is 131 cm³/mol. The van der Waals surface area contributed by atoms with Gasteiger partial charge in [-0.15, -0.1) is 0 Å². The molecular weight excluding hydrogens is 468 g/mol. The lowest BCUT2D eigenvalue weighted by Gasteiger charge is -2.36. The number of hydrogen-bond donors (Lipinski definition) is 0. The van der Waals surface area contributed by atoms with Crippen LogP contribution in [0.15, 0.2) is 59.9 Å². The minimum Gasteiger partial charge on any atom is -0.493 e. The second kappa shape index (κ2) is 9.16. The van der Waals surface area contributed by atoms with Gasteiger partial charge in [-0.3, -0.25) is 0 Å². The van der Waals surface area contributed by atoms with E-state index in [9.17, 15) is 8.42 Å². The van der Waals surface area contributed by atoms with Gasteiger partial charge in [0.2, 0.25) is 10.0 Å². The van der Waals surface area contributed by atoms with Crippen LogP contribution >= 0.6 is 0 Å². The highest BCUT2D eigenvalue weighted by molar-refractivity contribution is 7.89. The lowest BCUT2D eigenvalue weighted by Crippen LogP contribution is -2.49. The molecule has 1 aliphatic rings. The van der Waals surface area contributed by atoms with Crippen LogP contribution in [0.1, 0.15) is 5.56 Å². The Labute approximate surface area is 203 Å². The molecule has 0 aliphatic carbocycles. The van der Waals surface area contributed by atoms with Gasteiger partial charge in [-0.25, -0.2) is 13.4 Å². The highest BCUT2D eigenvalue weighted by atomic mass is 32.2. The summed E-state index contributed by atoms with van der Waals surface area (Å²) in [6, 6.07) is 12.7. The largest absolute Gasteiger partial charge is 0.493 e. The summed E-state index contributed by atoms with van der Waals surface area (Å²) in [4.78, 5) is 11.1. The molecule has 1 aliphatic heterocycles. The molecule has 1 fully saturated rings. The Morgan fingerprint density at radius 3 is 2.40 bits per heavy atom. The molecule has 1 saturated heterocycles. The van der Waals surface area contributed by atoms with Gasteiger partial charge in [0.15, 0.2) is 11.5 Å². The third-order valence-electron chi connectivity index (χ3n) is 6.14. The van der Waals surface area contributed by atoms with E-state index in [2.05, 4.69) is 20.0 Å². The average Bonchev–Trinajstić information content (AvgIpc) is 3.37. The highest BCUT2D eigenvalue weighted by Gasteiger charge is 2.30. The van der Waals surface area contributed by atoms with E-state index in [1.54, 1.807) is 43.1 Å². The number of methoxy groups -OCH3 is 2. The predicted octanol–water partition coefficient (Wildman–Crippen LogP) is 2.63. The van der Waals surface area contributed by atoms with Gasteiger partial charge in [-0.1, -0.05) is 18.2 Å².